The molecule has 0 aliphatic carbocycles. The zero-order chi connectivity index (χ0) is 12.1. The quantitative estimate of drug-likeness (QED) is 0.730. The number of piperidine rings is 1. The molecule has 96 valence electrons. The summed E-state index contributed by atoms with van der Waals surface area (Å²) in [5.74, 6) is 1.50. The van der Waals surface area contributed by atoms with E-state index in [-0.39, 0.29) is 0 Å². The van der Waals surface area contributed by atoms with Gasteiger partial charge in [0.1, 0.15) is 0 Å². The van der Waals surface area contributed by atoms with Gasteiger partial charge in [-0.2, -0.15) is 0 Å². The number of nitrogens with two attached hydrogens (primary N) is 1. The molecule has 1 fully saturated rings. The van der Waals surface area contributed by atoms with Crippen LogP contribution in [0.5, 0.6) is 0 Å². The molecule has 0 bridgehead atoms. The average molecular weight is 226 g/mol. The van der Waals surface area contributed by atoms with Gasteiger partial charge < -0.3 is 10.6 Å². The fourth-order valence-electron chi connectivity index (χ4n) is 2.65. The molecule has 1 aliphatic heterocycles. The lowest BCUT2D eigenvalue weighted by Gasteiger charge is -2.41. The lowest BCUT2D eigenvalue weighted by atomic mass is 9.87. The summed E-state index contributed by atoms with van der Waals surface area (Å²) >= 11 is 0. The summed E-state index contributed by atoms with van der Waals surface area (Å²) in [4.78, 5) is 2.63. The molecular formula is C14H30N2. The van der Waals surface area contributed by atoms with Crippen LogP contribution < -0.4 is 5.73 Å². The van der Waals surface area contributed by atoms with Crippen LogP contribution in [0.1, 0.15) is 53.4 Å². The minimum Gasteiger partial charge on any atom is -0.327 e. The van der Waals surface area contributed by atoms with E-state index in [9.17, 15) is 0 Å². The number of likely N-dealkylation sites (tertiary alicyclic amines) is 1. The van der Waals surface area contributed by atoms with E-state index in [1.54, 1.807) is 0 Å². The van der Waals surface area contributed by atoms with Crippen molar-refractivity contribution < 1.29 is 0 Å². The Morgan fingerprint density at radius 2 is 1.94 bits per heavy atom. The first-order chi connectivity index (χ1) is 7.52. The van der Waals surface area contributed by atoms with E-state index in [2.05, 4.69) is 32.6 Å². The molecular weight excluding hydrogens is 196 g/mol. The molecule has 0 aromatic carbocycles. The maximum absolute atomic E-state index is 6.10. The minimum absolute atomic E-state index is 0.418. The summed E-state index contributed by atoms with van der Waals surface area (Å²) in [6.45, 7) is 11.7. The Labute approximate surface area is 102 Å². The number of nitrogens with zero attached hydrogens (tertiary/aromatic N) is 1. The van der Waals surface area contributed by atoms with Gasteiger partial charge in [-0.1, -0.05) is 33.6 Å². The van der Waals surface area contributed by atoms with Gasteiger partial charge in [0.25, 0.3) is 0 Å². The van der Waals surface area contributed by atoms with Crippen LogP contribution in [-0.4, -0.2) is 30.1 Å². The highest BCUT2D eigenvalue weighted by atomic mass is 15.2. The maximum Gasteiger partial charge on any atom is 0.0107 e. The van der Waals surface area contributed by atoms with Crippen molar-refractivity contribution in [3.05, 3.63) is 0 Å². The molecule has 3 atom stereocenters. The van der Waals surface area contributed by atoms with Crippen molar-refractivity contribution in [3.63, 3.8) is 0 Å². The minimum atomic E-state index is 0.418. The van der Waals surface area contributed by atoms with Crippen molar-refractivity contribution in [1.82, 2.24) is 4.90 Å². The summed E-state index contributed by atoms with van der Waals surface area (Å²) < 4.78 is 0. The lowest BCUT2D eigenvalue weighted by Crippen LogP contribution is -2.51. The Kier molecular flexibility index (Phi) is 5.77. The van der Waals surface area contributed by atoms with E-state index < -0.39 is 0 Å². The van der Waals surface area contributed by atoms with E-state index in [0.717, 1.165) is 5.92 Å². The first kappa shape index (κ1) is 14.0. The molecule has 2 heteroatoms. The molecule has 0 aromatic rings. The Bertz CT molecular complexity index is 191. The van der Waals surface area contributed by atoms with Crippen molar-refractivity contribution in [1.29, 1.82) is 0 Å². The molecule has 0 aromatic heterocycles. The average Bonchev–Trinajstić information content (AvgIpc) is 2.23. The van der Waals surface area contributed by atoms with Gasteiger partial charge in [-0.15, -0.1) is 0 Å². The Balaban J connectivity index is 2.21. The molecule has 1 saturated heterocycles. The highest BCUT2D eigenvalue weighted by Crippen LogP contribution is 2.22. The summed E-state index contributed by atoms with van der Waals surface area (Å²) in [7, 11) is 0. The molecule has 3 unspecified atom stereocenters. The highest BCUT2D eigenvalue weighted by molar-refractivity contribution is 4.86. The van der Waals surface area contributed by atoms with Crippen molar-refractivity contribution in [2.75, 3.05) is 13.1 Å². The molecule has 1 rings (SSSR count). The predicted octanol–water partition coefficient (Wildman–Crippen LogP) is 2.87. The second-order valence-corrected chi connectivity index (χ2v) is 5.98. The zero-order valence-corrected chi connectivity index (χ0v) is 11.6. The number of rotatable bonds is 5. The van der Waals surface area contributed by atoms with Crippen molar-refractivity contribution in [3.8, 4) is 0 Å². The lowest BCUT2D eigenvalue weighted by molar-refractivity contribution is 0.0958. The third kappa shape index (κ3) is 4.06. The van der Waals surface area contributed by atoms with E-state index in [1.807, 2.05) is 0 Å². The first-order valence-corrected chi connectivity index (χ1v) is 7.02. The van der Waals surface area contributed by atoms with Gasteiger partial charge in [-0.05, 0) is 44.7 Å². The third-order valence-corrected chi connectivity index (χ3v) is 4.24. The fraction of sp³-hybridized carbons (Fsp3) is 1.00. The van der Waals surface area contributed by atoms with Gasteiger partial charge >= 0.3 is 0 Å². The summed E-state index contributed by atoms with van der Waals surface area (Å²) in [5, 5.41) is 0. The van der Waals surface area contributed by atoms with Gasteiger partial charge in [0, 0.05) is 12.1 Å². The summed E-state index contributed by atoms with van der Waals surface area (Å²) in [6, 6.07) is 1.09. The van der Waals surface area contributed by atoms with Crippen molar-refractivity contribution >= 4 is 0 Å². The monoisotopic (exact) mass is 226 g/mol. The topological polar surface area (TPSA) is 29.3 Å². The number of hydrogen-bond donors (Lipinski definition) is 1. The Morgan fingerprint density at radius 1 is 1.25 bits per heavy atom. The van der Waals surface area contributed by atoms with Crippen LogP contribution in [0.3, 0.4) is 0 Å². The smallest absolute Gasteiger partial charge is 0.0107 e. The first-order valence-electron chi connectivity index (χ1n) is 7.02. The molecule has 0 radical (unpaired) electrons. The normalized spacial score (nSPS) is 32.2. The fourth-order valence-corrected chi connectivity index (χ4v) is 2.65. The van der Waals surface area contributed by atoms with Crippen LogP contribution in [0.15, 0.2) is 0 Å². The van der Waals surface area contributed by atoms with Crippen LogP contribution >= 0.6 is 0 Å². The van der Waals surface area contributed by atoms with Gasteiger partial charge in [0.2, 0.25) is 0 Å². The van der Waals surface area contributed by atoms with Gasteiger partial charge in [0.15, 0.2) is 0 Å². The highest BCUT2D eigenvalue weighted by Gasteiger charge is 2.29. The Hall–Kier alpha value is -0.0800. The molecule has 0 spiro atoms. The molecule has 2 nitrogen and oxygen atoms in total. The molecule has 16 heavy (non-hydrogen) atoms. The summed E-state index contributed by atoms with van der Waals surface area (Å²) in [5.41, 5.74) is 6.10. The van der Waals surface area contributed by atoms with Crippen LogP contribution in [0.4, 0.5) is 0 Å². The largest absolute Gasteiger partial charge is 0.327 e. The number of unbranched alkanes of at least 4 members (excludes halogenated alkanes) is 1. The van der Waals surface area contributed by atoms with Crippen molar-refractivity contribution in [2.45, 2.75) is 65.5 Å². The predicted molar refractivity (Wildman–Crippen MR) is 71.5 cm³/mol. The van der Waals surface area contributed by atoms with Crippen LogP contribution in [0, 0.1) is 11.8 Å². The van der Waals surface area contributed by atoms with E-state index in [1.165, 1.54) is 38.8 Å². The van der Waals surface area contributed by atoms with E-state index in [4.69, 9.17) is 5.73 Å². The van der Waals surface area contributed by atoms with Gasteiger partial charge in [-0.3, -0.25) is 0 Å². The molecule has 0 saturated carbocycles. The van der Waals surface area contributed by atoms with Crippen LogP contribution in [0.2, 0.25) is 0 Å². The standard InChI is InChI=1S/C14H30N2/c1-11(2)7-5-6-9-16-10-8-14(15)12(3)13(16)4/h11-14H,5-10,15H2,1-4H3. The Morgan fingerprint density at radius 3 is 2.56 bits per heavy atom. The number of hydrogen-bond acceptors (Lipinski definition) is 2. The summed E-state index contributed by atoms with van der Waals surface area (Å²) in [6.07, 6.45) is 5.28. The third-order valence-electron chi connectivity index (χ3n) is 4.24. The van der Waals surface area contributed by atoms with E-state index >= 15 is 0 Å². The second kappa shape index (κ2) is 6.61. The molecule has 0 amide bonds. The zero-order valence-electron chi connectivity index (χ0n) is 11.6. The van der Waals surface area contributed by atoms with Crippen LogP contribution in [-0.2, 0) is 0 Å². The second-order valence-electron chi connectivity index (χ2n) is 5.98. The molecule has 1 aliphatic rings. The molecule has 2 N–H and O–H groups in total. The van der Waals surface area contributed by atoms with Gasteiger partial charge in [0.05, 0.1) is 0 Å². The maximum atomic E-state index is 6.10. The van der Waals surface area contributed by atoms with E-state index in [0.29, 0.717) is 18.0 Å². The SMILES string of the molecule is CC(C)CCCCN1CCC(N)C(C)C1C. The van der Waals surface area contributed by atoms with Crippen LogP contribution in [0.25, 0.3) is 0 Å². The van der Waals surface area contributed by atoms with Gasteiger partial charge in [-0.25, -0.2) is 0 Å². The van der Waals surface area contributed by atoms with Crippen molar-refractivity contribution in [2.24, 2.45) is 17.6 Å². The molecule has 1 heterocycles.